The summed E-state index contributed by atoms with van der Waals surface area (Å²) >= 11 is 0. The van der Waals surface area contributed by atoms with Gasteiger partial charge in [0.2, 0.25) is 0 Å². The third-order valence-corrected chi connectivity index (χ3v) is 4.63. The van der Waals surface area contributed by atoms with Gasteiger partial charge in [0.05, 0.1) is 17.9 Å². The van der Waals surface area contributed by atoms with Crippen molar-refractivity contribution in [3.8, 4) is 6.07 Å². The highest BCUT2D eigenvalue weighted by Crippen LogP contribution is 2.39. The molecule has 108 valence electrons. The second kappa shape index (κ2) is 5.80. The van der Waals surface area contributed by atoms with Crippen molar-refractivity contribution < 1.29 is 5.11 Å². The molecule has 20 heavy (non-hydrogen) atoms. The molecule has 0 amide bonds. The molecule has 0 bridgehead atoms. The molecule has 0 spiro atoms. The first-order valence-electron chi connectivity index (χ1n) is 7.25. The van der Waals surface area contributed by atoms with Crippen molar-refractivity contribution in [2.24, 2.45) is 11.3 Å². The van der Waals surface area contributed by atoms with Crippen LogP contribution in [0.3, 0.4) is 0 Å². The third-order valence-electron chi connectivity index (χ3n) is 4.63. The van der Waals surface area contributed by atoms with Crippen molar-refractivity contribution in [2.75, 3.05) is 24.6 Å². The van der Waals surface area contributed by atoms with Gasteiger partial charge in [-0.05, 0) is 31.7 Å². The van der Waals surface area contributed by atoms with E-state index in [1.807, 2.05) is 13.0 Å². The Hall–Kier alpha value is -1.60. The summed E-state index contributed by atoms with van der Waals surface area (Å²) < 4.78 is 0. The number of aromatic nitrogens is 1. The van der Waals surface area contributed by atoms with E-state index in [1.54, 1.807) is 6.20 Å². The molecule has 4 heteroatoms. The van der Waals surface area contributed by atoms with Crippen LogP contribution in [0.5, 0.6) is 0 Å². The lowest BCUT2D eigenvalue weighted by Gasteiger charge is -2.45. The normalized spacial score (nSPS) is 22.9. The van der Waals surface area contributed by atoms with Gasteiger partial charge in [0, 0.05) is 30.4 Å². The van der Waals surface area contributed by atoms with Crippen molar-refractivity contribution in [1.82, 2.24) is 4.98 Å². The van der Waals surface area contributed by atoms with Crippen LogP contribution in [-0.4, -0.2) is 29.8 Å². The molecule has 4 nitrogen and oxygen atoms in total. The van der Waals surface area contributed by atoms with Crippen LogP contribution >= 0.6 is 0 Å². The molecule has 1 atom stereocenters. The van der Waals surface area contributed by atoms with E-state index in [-0.39, 0.29) is 12.0 Å². The summed E-state index contributed by atoms with van der Waals surface area (Å²) in [7, 11) is 0. The monoisotopic (exact) mass is 273 g/mol. The summed E-state index contributed by atoms with van der Waals surface area (Å²) in [6.45, 7) is 8.22. The number of aliphatic hydroxyl groups is 1. The Morgan fingerprint density at radius 1 is 1.55 bits per heavy atom. The van der Waals surface area contributed by atoms with E-state index in [1.165, 1.54) is 0 Å². The SMILES string of the molecule is Cc1cc(N2CCCC(CO)(C(C)C)C2)c(C#N)cn1. The van der Waals surface area contributed by atoms with E-state index in [2.05, 4.69) is 29.8 Å². The van der Waals surface area contributed by atoms with Crippen LogP contribution in [0.15, 0.2) is 12.3 Å². The highest BCUT2D eigenvalue weighted by molar-refractivity contribution is 5.59. The van der Waals surface area contributed by atoms with Gasteiger partial charge in [-0.25, -0.2) is 0 Å². The van der Waals surface area contributed by atoms with Crippen LogP contribution in [0.2, 0.25) is 0 Å². The van der Waals surface area contributed by atoms with E-state index < -0.39 is 0 Å². The molecular formula is C16H23N3O. The highest BCUT2D eigenvalue weighted by Gasteiger charge is 2.38. The summed E-state index contributed by atoms with van der Waals surface area (Å²) in [4.78, 5) is 6.44. The predicted molar refractivity (Wildman–Crippen MR) is 79.5 cm³/mol. The maximum Gasteiger partial charge on any atom is 0.103 e. The number of aliphatic hydroxyl groups excluding tert-OH is 1. The standard InChI is InChI=1S/C16H23N3O/c1-12(2)16(11-20)5-4-6-19(10-16)15-7-13(3)18-9-14(15)8-17/h7,9,12,20H,4-6,10-11H2,1-3H3. The second-order valence-electron chi connectivity index (χ2n) is 6.15. The maximum absolute atomic E-state index is 9.85. The number of nitrogens with zero attached hydrogens (tertiary/aromatic N) is 3. The molecule has 0 saturated carbocycles. The zero-order valence-corrected chi connectivity index (χ0v) is 12.6. The Labute approximate surface area is 121 Å². The van der Waals surface area contributed by atoms with E-state index in [9.17, 15) is 10.4 Å². The number of anilines is 1. The predicted octanol–water partition coefficient (Wildman–Crippen LogP) is 2.50. The summed E-state index contributed by atoms with van der Waals surface area (Å²) in [5, 5.41) is 19.1. The van der Waals surface area contributed by atoms with Gasteiger partial charge < -0.3 is 10.0 Å². The molecule has 1 aromatic heterocycles. The molecule has 0 radical (unpaired) electrons. The summed E-state index contributed by atoms with van der Waals surface area (Å²) in [6.07, 6.45) is 3.74. The Morgan fingerprint density at radius 2 is 2.30 bits per heavy atom. The van der Waals surface area contributed by atoms with Crippen molar-refractivity contribution in [3.05, 3.63) is 23.5 Å². The van der Waals surface area contributed by atoms with Crippen molar-refractivity contribution in [2.45, 2.75) is 33.6 Å². The average Bonchev–Trinajstić information content (AvgIpc) is 2.47. The molecule has 1 N–H and O–H groups in total. The van der Waals surface area contributed by atoms with Crippen molar-refractivity contribution >= 4 is 5.69 Å². The number of nitriles is 1. The van der Waals surface area contributed by atoms with Gasteiger partial charge in [-0.1, -0.05) is 13.8 Å². The molecule has 1 saturated heterocycles. The van der Waals surface area contributed by atoms with Gasteiger partial charge in [-0.15, -0.1) is 0 Å². The van der Waals surface area contributed by atoms with Crippen LogP contribution in [-0.2, 0) is 0 Å². The van der Waals surface area contributed by atoms with E-state index >= 15 is 0 Å². The van der Waals surface area contributed by atoms with Crippen LogP contribution in [0, 0.1) is 29.6 Å². The smallest absolute Gasteiger partial charge is 0.103 e. The molecule has 1 aromatic rings. The number of rotatable bonds is 3. The first-order chi connectivity index (χ1) is 9.52. The summed E-state index contributed by atoms with van der Waals surface area (Å²) in [5.74, 6) is 0.420. The molecule has 2 heterocycles. The summed E-state index contributed by atoms with van der Waals surface area (Å²) in [6, 6.07) is 4.21. The Kier molecular flexibility index (Phi) is 4.29. The van der Waals surface area contributed by atoms with Crippen LogP contribution in [0.4, 0.5) is 5.69 Å². The quantitative estimate of drug-likeness (QED) is 0.919. The zero-order valence-electron chi connectivity index (χ0n) is 12.6. The molecule has 1 fully saturated rings. The van der Waals surface area contributed by atoms with Crippen LogP contribution < -0.4 is 4.90 Å². The van der Waals surface area contributed by atoms with Gasteiger partial charge in [-0.2, -0.15) is 5.26 Å². The van der Waals surface area contributed by atoms with Crippen molar-refractivity contribution in [3.63, 3.8) is 0 Å². The lowest BCUT2D eigenvalue weighted by Crippen LogP contribution is -2.48. The van der Waals surface area contributed by atoms with Gasteiger partial charge >= 0.3 is 0 Å². The van der Waals surface area contributed by atoms with E-state index in [0.29, 0.717) is 11.5 Å². The number of hydrogen-bond donors (Lipinski definition) is 1. The second-order valence-corrected chi connectivity index (χ2v) is 6.15. The molecular weight excluding hydrogens is 250 g/mol. The van der Waals surface area contributed by atoms with E-state index in [4.69, 9.17) is 0 Å². The fourth-order valence-electron chi connectivity index (χ4n) is 3.04. The number of hydrogen-bond acceptors (Lipinski definition) is 4. The summed E-state index contributed by atoms with van der Waals surface area (Å²) in [5.41, 5.74) is 2.43. The largest absolute Gasteiger partial charge is 0.396 e. The van der Waals surface area contributed by atoms with Crippen LogP contribution in [0.25, 0.3) is 0 Å². The molecule has 1 aliphatic heterocycles. The lowest BCUT2D eigenvalue weighted by atomic mass is 9.72. The third kappa shape index (κ3) is 2.64. The Balaban J connectivity index is 2.34. The van der Waals surface area contributed by atoms with Gasteiger partial charge in [0.25, 0.3) is 0 Å². The molecule has 0 aliphatic carbocycles. The van der Waals surface area contributed by atoms with Gasteiger partial charge in [0.1, 0.15) is 6.07 Å². The highest BCUT2D eigenvalue weighted by atomic mass is 16.3. The molecule has 0 aromatic carbocycles. The minimum atomic E-state index is -0.0673. The first kappa shape index (κ1) is 14.8. The fourth-order valence-corrected chi connectivity index (χ4v) is 3.04. The topological polar surface area (TPSA) is 60.1 Å². The number of aryl methyl sites for hydroxylation is 1. The first-order valence-corrected chi connectivity index (χ1v) is 7.25. The minimum absolute atomic E-state index is 0.0673. The number of pyridine rings is 1. The maximum atomic E-state index is 9.85. The minimum Gasteiger partial charge on any atom is -0.396 e. The van der Waals surface area contributed by atoms with E-state index in [0.717, 1.165) is 37.3 Å². The van der Waals surface area contributed by atoms with Gasteiger partial charge in [-0.3, -0.25) is 4.98 Å². The molecule has 1 aliphatic rings. The zero-order chi connectivity index (χ0) is 14.8. The molecule has 1 unspecified atom stereocenters. The lowest BCUT2D eigenvalue weighted by molar-refractivity contribution is 0.0600. The van der Waals surface area contributed by atoms with Gasteiger partial charge in [0.15, 0.2) is 0 Å². The Morgan fingerprint density at radius 3 is 2.90 bits per heavy atom. The molecule has 2 rings (SSSR count). The van der Waals surface area contributed by atoms with Crippen LogP contribution in [0.1, 0.15) is 37.9 Å². The van der Waals surface area contributed by atoms with Crippen molar-refractivity contribution in [1.29, 1.82) is 5.26 Å². The number of piperidine rings is 1. The fraction of sp³-hybridized carbons (Fsp3) is 0.625. The average molecular weight is 273 g/mol. The Bertz CT molecular complexity index is 521.